The van der Waals surface area contributed by atoms with E-state index in [0.717, 1.165) is 22.2 Å². The van der Waals surface area contributed by atoms with Crippen molar-refractivity contribution >= 4 is 32.5 Å². The summed E-state index contributed by atoms with van der Waals surface area (Å²) in [6.07, 6.45) is 1.80. The van der Waals surface area contributed by atoms with Gasteiger partial charge in [-0.15, -0.1) is 0 Å². The highest BCUT2D eigenvalue weighted by molar-refractivity contribution is 9.10. The molecule has 0 aliphatic heterocycles. The fraction of sp³-hybridized carbons (Fsp3) is 0.182. The van der Waals surface area contributed by atoms with Gasteiger partial charge in [-0.2, -0.15) is 0 Å². The second-order valence-corrected chi connectivity index (χ2v) is 4.07. The molecule has 1 aromatic carbocycles. The molecule has 0 fully saturated rings. The molecule has 78 valence electrons. The maximum Gasteiger partial charge on any atom is 0.135 e. The molecule has 0 spiro atoms. The number of nitrogens with zero attached hydrogens (tertiary/aromatic N) is 1. The third kappa shape index (κ3) is 2.11. The van der Waals surface area contributed by atoms with E-state index in [9.17, 15) is 0 Å². The van der Waals surface area contributed by atoms with Gasteiger partial charge in [-0.1, -0.05) is 28.1 Å². The summed E-state index contributed by atoms with van der Waals surface area (Å²) in [7, 11) is 0. The van der Waals surface area contributed by atoms with Crippen molar-refractivity contribution in [3.05, 3.63) is 34.9 Å². The molecule has 0 radical (unpaired) electrons. The Morgan fingerprint density at radius 3 is 3.00 bits per heavy atom. The zero-order valence-corrected chi connectivity index (χ0v) is 9.79. The molecule has 0 saturated heterocycles. The zero-order valence-electron chi connectivity index (χ0n) is 8.20. The van der Waals surface area contributed by atoms with Gasteiger partial charge in [0.2, 0.25) is 0 Å². The molecule has 3 nitrogen and oxygen atoms in total. The summed E-state index contributed by atoms with van der Waals surface area (Å²) in [4.78, 5) is 4.31. The van der Waals surface area contributed by atoms with Crippen LogP contribution in [0.4, 0.5) is 5.82 Å². The smallest absolute Gasteiger partial charge is 0.135 e. The summed E-state index contributed by atoms with van der Waals surface area (Å²) in [5.74, 6) is 0.880. The number of benzene rings is 1. The summed E-state index contributed by atoms with van der Waals surface area (Å²) in [6, 6.07) is 8.08. The maximum absolute atomic E-state index is 5.46. The van der Waals surface area contributed by atoms with Crippen molar-refractivity contribution in [2.45, 2.75) is 0 Å². The SMILES string of the molecule is NCCNc1nccc2cccc(Br)c12. The molecular formula is C11H12BrN3. The number of nitrogens with one attached hydrogen (secondary N) is 1. The lowest BCUT2D eigenvalue weighted by atomic mass is 10.1. The van der Waals surface area contributed by atoms with E-state index in [1.54, 1.807) is 6.20 Å². The molecule has 0 aliphatic rings. The van der Waals surface area contributed by atoms with Crippen LogP contribution in [-0.2, 0) is 0 Å². The third-order valence-electron chi connectivity index (χ3n) is 2.18. The third-order valence-corrected chi connectivity index (χ3v) is 2.84. The highest BCUT2D eigenvalue weighted by atomic mass is 79.9. The first-order valence-corrected chi connectivity index (χ1v) is 5.59. The Morgan fingerprint density at radius 1 is 1.33 bits per heavy atom. The molecule has 2 rings (SSSR count). The van der Waals surface area contributed by atoms with Gasteiger partial charge in [0, 0.05) is 29.1 Å². The van der Waals surface area contributed by atoms with Crippen LogP contribution >= 0.6 is 15.9 Å². The van der Waals surface area contributed by atoms with Crippen molar-refractivity contribution in [1.82, 2.24) is 4.98 Å². The van der Waals surface area contributed by atoms with Crippen LogP contribution in [0.2, 0.25) is 0 Å². The predicted octanol–water partition coefficient (Wildman–Crippen LogP) is 2.37. The molecule has 1 aromatic heterocycles. The molecule has 0 saturated carbocycles. The van der Waals surface area contributed by atoms with Gasteiger partial charge in [0.25, 0.3) is 0 Å². The predicted molar refractivity (Wildman–Crippen MR) is 67.0 cm³/mol. The second kappa shape index (κ2) is 4.59. The van der Waals surface area contributed by atoms with Crippen molar-refractivity contribution < 1.29 is 0 Å². The van der Waals surface area contributed by atoms with Gasteiger partial charge >= 0.3 is 0 Å². The Balaban J connectivity index is 2.53. The minimum Gasteiger partial charge on any atom is -0.368 e. The average molecular weight is 266 g/mol. The number of nitrogens with two attached hydrogens (primary N) is 1. The van der Waals surface area contributed by atoms with Crippen LogP contribution in [0.3, 0.4) is 0 Å². The van der Waals surface area contributed by atoms with E-state index in [1.165, 1.54) is 5.39 Å². The molecular weight excluding hydrogens is 254 g/mol. The first kappa shape index (κ1) is 10.4. The number of hydrogen-bond acceptors (Lipinski definition) is 3. The van der Waals surface area contributed by atoms with Crippen LogP contribution in [0, 0.1) is 0 Å². The highest BCUT2D eigenvalue weighted by Gasteiger charge is 2.04. The monoisotopic (exact) mass is 265 g/mol. The molecule has 3 N–H and O–H groups in total. The Morgan fingerprint density at radius 2 is 2.20 bits per heavy atom. The summed E-state index contributed by atoms with van der Waals surface area (Å²) in [5.41, 5.74) is 5.46. The Hall–Kier alpha value is -1.13. The summed E-state index contributed by atoms with van der Waals surface area (Å²) in [5, 5.41) is 5.48. The van der Waals surface area contributed by atoms with E-state index in [1.807, 2.05) is 18.2 Å². The van der Waals surface area contributed by atoms with Gasteiger partial charge in [-0.05, 0) is 17.5 Å². The summed E-state index contributed by atoms with van der Waals surface area (Å²) in [6.45, 7) is 1.33. The minimum absolute atomic E-state index is 0.600. The van der Waals surface area contributed by atoms with Gasteiger partial charge < -0.3 is 11.1 Å². The molecule has 0 atom stereocenters. The van der Waals surface area contributed by atoms with Crippen LogP contribution in [0.1, 0.15) is 0 Å². The lowest BCUT2D eigenvalue weighted by molar-refractivity contribution is 1.01. The molecule has 0 bridgehead atoms. The van der Waals surface area contributed by atoms with E-state index < -0.39 is 0 Å². The van der Waals surface area contributed by atoms with Gasteiger partial charge in [-0.3, -0.25) is 0 Å². The lowest BCUT2D eigenvalue weighted by Crippen LogP contribution is -2.14. The van der Waals surface area contributed by atoms with E-state index >= 15 is 0 Å². The van der Waals surface area contributed by atoms with Gasteiger partial charge in [0.15, 0.2) is 0 Å². The van der Waals surface area contributed by atoms with E-state index in [4.69, 9.17) is 5.73 Å². The number of hydrogen-bond donors (Lipinski definition) is 2. The standard InChI is InChI=1S/C11H12BrN3/c12-9-3-1-2-8-4-6-14-11(10(8)9)15-7-5-13/h1-4,6H,5,7,13H2,(H,14,15). The molecule has 1 heterocycles. The van der Waals surface area contributed by atoms with Crippen LogP contribution in [-0.4, -0.2) is 18.1 Å². The first-order valence-electron chi connectivity index (χ1n) is 4.80. The largest absolute Gasteiger partial charge is 0.368 e. The van der Waals surface area contributed by atoms with Crippen molar-refractivity contribution in [1.29, 1.82) is 0 Å². The van der Waals surface area contributed by atoms with E-state index in [0.29, 0.717) is 6.54 Å². The molecule has 15 heavy (non-hydrogen) atoms. The number of fused-ring (bicyclic) bond motifs is 1. The lowest BCUT2D eigenvalue weighted by Gasteiger charge is -2.08. The van der Waals surface area contributed by atoms with Crippen molar-refractivity contribution in [2.75, 3.05) is 18.4 Å². The highest BCUT2D eigenvalue weighted by Crippen LogP contribution is 2.28. The molecule has 4 heteroatoms. The van der Waals surface area contributed by atoms with Crippen molar-refractivity contribution in [2.24, 2.45) is 5.73 Å². The molecule has 0 amide bonds. The Labute approximate surface area is 96.8 Å². The zero-order chi connectivity index (χ0) is 10.7. The van der Waals surface area contributed by atoms with Crippen LogP contribution in [0.5, 0.6) is 0 Å². The minimum atomic E-state index is 0.600. The number of pyridine rings is 1. The average Bonchev–Trinajstić information content (AvgIpc) is 2.26. The number of halogens is 1. The molecule has 0 unspecified atom stereocenters. The van der Waals surface area contributed by atoms with Crippen molar-refractivity contribution in [3.8, 4) is 0 Å². The number of anilines is 1. The molecule has 0 aliphatic carbocycles. The quantitative estimate of drug-likeness (QED) is 0.896. The number of rotatable bonds is 3. The normalized spacial score (nSPS) is 10.5. The van der Waals surface area contributed by atoms with Crippen LogP contribution in [0.25, 0.3) is 10.8 Å². The van der Waals surface area contributed by atoms with Gasteiger partial charge in [-0.25, -0.2) is 4.98 Å². The van der Waals surface area contributed by atoms with Crippen LogP contribution < -0.4 is 11.1 Å². The second-order valence-electron chi connectivity index (χ2n) is 3.21. The fourth-order valence-electron chi connectivity index (χ4n) is 1.51. The summed E-state index contributed by atoms with van der Waals surface area (Å²) < 4.78 is 1.05. The Bertz CT molecular complexity index is 465. The first-order chi connectivity index (χ1) is 7.33. The van der Waals surface area contributed by atoms with Crippen molar-refractivity contribution in [3.63, 3.8) is 0 Å². The van der Waals surface area contributed by atoms with E-state index in [2.05, 4.69) is 32.3 Å². The van der Waals surface area contributed by atoms with Crippen LogP contribution in [0.15, 0.2) is 34.9 Å². The topological polar surface area (TPSA) is 50.9 Å². The van der Waals surface area contributed by atoms with Gasteiger partial charge in [0.1, 0.15) is 5.82 Å². The van der Waals surface area contributed by atoms with E-state index in [-0.39, 0.29) is 0 Å². The summed E-state index contributed by atoms with van der Waals surface area (Å²) >= 11 is 3.53. The maximum atomic E-state index is 5.46. The number of aromatic nitrogens is 1. The molecule has 2 aromatic rings. The van der Waals surface area contributed by atoms with Gasteiger partial charge in [0.05, 0.1) is 0 Å². The fourth-order valence-corrected chi connectivity index (χ4v) is 2.08. The Kier molecular flexibility index (Phi) is 3.18.